The summed E-state index contributed by atoms with van der Waals surface area (Å²) in [4.78, 5) is 6.75. The lowest BCUT2D eigenvalue weighted by Gasteiger charge is -2.50. The first-order valence-corrected chi connectivity index (χ1v) is 8.24. The van der Waals surface area contributed by atoms with Crippen LogP contribution in [0.2, 0.25) is 0 Å². The molecular weight excluding hydrogens is 276 g/mol. The summed E-state index contributed by atoms with van der Waals surface area (Å²) in [5.74, 6) is 0. The van der Waals surface area contributed by atoms with Crippen molar-refractivity contribution in [2.45, 2.75) is 31.9 Å². The molecule has 22 heavy (non-hydrogen) atoms. The first-order chi connectivity index (χ1) is 10.8. The molecule has 0 amide bonds. The van der Waals surface area contributed by atoms with Crippen LogP contribution < -0.4 is 0 Å². The summed E-state index contributed by atoms with van der Waals surface area (Å²) < 4.78 is 11.9. The molecule has 2 aliphatic heterocycles. The maximum atomic E-state index is 6.07. The third kappa shape index (κ3) is 3.57. The van der Waals surface area contributed by atoms with Crippen molar-refractivity contribution >= 4 is 0 Å². The van der Waals surface area contributed by atoms with E-state index in [1.165, 1.54) is 12.0 Å². The number of pyridine rings is 1. The highest BCUT2D eigenvalue weighted by Crippen LogP contribution is 2.40. The van der Waals surface area contributed by atoms with Gasteiger partial charge in [-0.25, -0.2) is 0 Å². The van der Waals surface area contributed by atoms with Gasteiger partial charge >= 0.3 is 0 Å². The smallest absolute Gasteiger partial charge is 0.0677 e. The van der Waals surface area contributed by atoms with Crippen LogP contribution in [0.4, 0.5) is 0 Å². The zero-order valence-corrected chi connectivity index (χ0v) is 13.2. The van der Waals surface area contributed by atoms with Gasteiger partial charge in [0.2, 0.25) is 0 Å². The molecule has 3 rings (SSSR count). The molecule has 1 aromatic heterocycles. The van der Waals surface area contributed by atoms with Crippen LogP contribution in [0.25, 0.3) is 0 Å². The van der Waals surface area contributed by atoms with Crippen molar-refractivity contribution < 1.29 is 9.47 Å². The van der Waals surface area contributed by atoms with Gasteiger partial charge in [-0.1, -0.05) is 12.1 Å². The highest BCUT2D eigenvalue weighted by molar-refractivity contribution is 5.09. The molecule has 4 nitrogen and oxygen atoms in total. The Balaban J connectivity index is 1.67. The number of nitrogens with zero attached hydrogens (tertiary/aromatic N) is 2. The van der Waals surface area contributed by atoms with Crippen LogP contribution >= 0.6 is 0 Å². The van der Waals surface area contributed by atoms with Crippen molar-refractivity contribution in [1.29, 1.82) is 0 Å². The first kappa shape index (κ1) is 15.7. The Morgan fingerprint density at radius 3 is 3.32 bits per heavy atom. The Labute approximate surface area is 133 Å². The lowest BCUT2D eigenvalue weighted by atomic mass is 9.73. The van der Waals surface area contributed by atoms with Gasteiger partial charge in [0.15, 0.2) is 0 Å². The first-order valence-electron chi connectivity index (χ1n) is 8.24. The molecule has 0 radical (unpaired) electrons. The second-order valence-corrected chi connectivity index (χ2v) is 6.49. The van der Waals surface area contributed by atoms with Gasteiger partial charge in [0.05, 0.1) is 19.3 Å². The molecule has 2 aliphatic rings. The third-order valence-electron chi connectivity index (χ3n) is 4.82. The van der Waals surface area contributed by atoms with Gasteiger partial charge in [-0.05, 0) is 30.9 Å². The third-order valence-corrected chi connectivity index (χ3v) is 4.82. The van der Waals surface area contributed by atoms with Crippen LogP contribution in [0.15, 0.2) is 37.2 Å². The van der Waals surface area contributed by atoms with Crippen molar-refractivity contribution in [2.75, 3.05) is 32.9 Å². The average Bonchev–Trinajstić information content (AvgIpc) is 2.56. The topological polar surface area (TPSA) is 34.6 Å². The Kier molecular flexibility index (Phi) is 5.24. The number of aromatic nitrogens is 1. The van der Waals surface area contributed by atoms with Crippen molar-refractivity contribution in [3.8, 4) is 0 Å². The minimum Gasteiger partial charge on any atom is -0.377 e. The minimum absolute atomic E-state index is 0.141. The van der Waals surface area contributed by atoms with E-state index in [9.17, 15) is 0 Å². The summed E-state index contributed by atoms with van der Waals surface area (Å²) in [5, 5.41) is 0. The molecule has 1 aromatic rings. The molecule has 0 spiro atoms. The number of piperidine rings is 1. The number of fused-ring (bicyclic) bond motifs is 1. The predicted octanol–water partition coefficient (Wildman–Crippen LogP) is 2.66. The van der Waals surface area contributed by atoms with E-state index < -0.39 is 0 Å². The Bertz CT molecular complexity index is 479. The summed E-state index contributed by atoms with van der Waals surface area (Å²) in [6, 6.07) is 4.16. The number of rotatable bonds is 6. The average molecular weight is 302 g/mol. The van der Waals surface area contributed by atoms with Gasteiger partial charge in [-0.15, -0.1) is 6.58 Å². The molecule has 0 saturated carbocycles. The summed E-state index contributed by atoms with van der Waals surface area (Å²) in [6.45, 7) is 9.13. The van der Waals surface area contributed by atoms with Gasteiger partial charge in [-0.2, -0.15) is 0 Å². The molecule has 2 fully saturated rings. The molecule has 0 bridgehead atoms. The Hall–Kier alpha value is -1.23. The normalized spacial score (nSPS) is 29.0. The van der Waals surface area contributed by atoms with Crippen LogP contribution in [0, 0.1) is 5.41 Å². The highest BCUT2D eigenvalue weighted by Gasteiger charge is 2.46. The fourth-order valence-electron chi connectivity index (χ4n) is 3.82. The fraction of sp³-hybridized carbons (Fsp3) is 0.611. The van der Waals surface area contributed by atoms with Crippen molar-refractivity contribution in [2.24, 2.45) is 5.41 Å². The quantitative estimate of drug-likeness (QED) is 0.598. The van der Waals surface area contributed by atoms with Crippen LogP contribution in [0.5, 0.6) is 0 Å². The Morgan fingerprint density at radius 2 is 2.50 bits per heavy atom. The van der Waals surface area contributed by atoms with Crippen LogP contribution in [0.1, 0.15) is 24.8 Å². The summed E-state index contributed by atoms with van der Waals surface area (Å²) in [6.07, 6.45) is 9.38. The van der Waals surface area contributed by atoms with Crippen molar-refractivity contribution in [3.63, 3.8) is 0 Å². The van der Waals surface area contributed by atoms with Crippen LogP contribution in [-0.2, 0) is 16.0 Å². The van der Waals surface area contributed by atoms with E-state index in [-0.39, 0.29) is 5.41 Å². The number of ether oxygens (including phenoxy) is 2. The Morgan fingerprint density at radius 1 is 1.55 bits per heavy atom. The molecule has 0 unspecified atom stereocenters. The largest absolute Gasteiger partial charge is 0.377 e. The molecular formula is C18H26N2O2. The number of hydrogen-bond acceptors (Lipinski definition) is 4. The van der Waals surface area contributed by atoms with Gasteiger partial charge in [-0.3, -0.25) is 9.88 Å². The SMILES string of the molecule is C=CCOC[C@]12CCCO[C@@H]1CCN(Cc1cccnc1)C2. The zero-order chi connectivity index (χ0) is 15.3. The lowest BCUT2D eigenvalue weighted by Crippen LogP contribution is -2.56. The van der Waals surface area contributed by atoms with E-state index in [1.807, 2.05) is 24.5 Å². The molecule has 0 aliphatic carbocycles. The van der Waals surface area contributed by atoms with E-state index in [4.69, 9.17) is 9.47 Å². The standard InChI is InChI=1S/C18H26N2O2/c1-2-10-21-15-18-7-4-11-22-17(18)6-9-20(14-18)13-16-5-3-8-19-12-16/h2-3,5,8,12,17H,1,4,6-7,9-11,13-15H2/t17-,18-/m1/s1. The maximum Gasteiger partial charge on any atom is 0.0677 e. The molecule has 4 heteroatoms. The zero-order valence-electron chi connectivity index (χ0n) is 13.2. The van der Waals surface area contributed by atoms with Gasteiger partial charge in [0.25, 0.3) is 0 Å². The van der Waals surface area contributed by atoms with Gasteiger partial charge < -0.3 is 9.47 Å². The molecule has 0 aromatic carbocycles. The summed E-state index contributed by atoms with van der Waals surface area (Å²) >= 11 is 0. The van der Waals surface area contributed by atoms with Crippen molar-refractivity contribution in [3.05, 3.63) is 42.7 Å². The van der Waals surface area contributed by atoms with Crippen LogP contribution in [-0.4, -0.2) is 48.9 Å². The summed E-state index contributed by atoms with van der Waals surface area (Å²) in [5.41, 5.74) is 1.42. The monoisotopic (exact) mass is 302 g/mol. The second-order valence-electron chi connectivity index (χ2n) is 6.49. The van der Waals surface area contributed by atoms with Crippen LogP contribution in [0.3, 0.4) is 0 Å². The number of likely N-dealkylation sites (tertiary alicyclic amines) is 1. The van der Waals surface area contributed by atoms with E-state index in [2.05, 4.69) is 22.5 Å². The lowest BCUT2D eigenvalue weighted by molar-refractivity contribution is -0.152. The highest BCUT2D eigenvalue weighted by atomic mass is 16.5. The fourth-order valence-corrected chi connectivity index (χ4v) is 3.82. The van der Waals surface area contributed by atoms with Crippen molar-refractivity contribution in [1.82, 2.24) is 9.88 Å². The van der Waals surface area contributed by atoms with E-state index in [0.717, 1.165) is 45.7 Å². The van der Waals surface area contributed by atoms with E-state index in [0.29, 0.717) is 12.7 Å². The second kappa shape index (κ2) is 7.36. The molecule has 3 heterocycles. The molecule has 120 valence electrons. The number of hydrogen-bond donors (Lipinski definition) is 0. The van der Waals surface area contributed by atoms with Gasteiger partial charge in [0.1, 0.15) is 0 Å². The maximum absolute atomic E-state index is 6.07. The van der Waals surface area contributed by atoms with E-state index >= 15 is 0 Å². The minimum atomic E-state index is 0.141. The predicted molar refractivity (Wildman–Crippen MR) is 86.6 cm³/mol. The van der Waals surface area contributed by atoms with E-state index in [1.54, 1.807) is 0 Å². The molecule has 2 atom stereocenters. The molecule has 2 saturated heterocycles. The van der Waals surface area contributed by atoms with Gasteiger partial charge in [0, 0.05) is 44.0 Å². The molecule has 0 N–H and O–H groups in total. The summed E-state index contributed by atoms with van der Waals surface area (Å²) in [7, 11) is 0.